The van der Waals surface area contributed by atoms with Crippen LogP contribution in [-0.4, -0.2) is 26.1 Å². The number of hydrogen-bond acceptors (Lipinski definition) is 2. The monoisotopic (exact) mass is 432 g/mol. The van der Waals surface area contributed by atoms with E-state index < -0.39 is 0 Å². The van der Waals surface area contributed by atoms with E-state index in [-0.39, 0.29) is 12.1 Å². The van der Waals surface area contributed by atoms with E-state index in [4.69, 9.17) is 12.2 Å². The van der Waals surface area contributed by atoms with E-state index in [0.29, 0.717) is 5.92 Å². The van der Waals surface area contributed by atoms with Crippen molar-refractivity contribution in [1.29, 1.82) is 0 Å². The highest BCUT2D eigenvalue weighted by Gasteiger charge is 2.41. The molecule has 5 heteroatoms. The summed E-state index contributed by atoms with van der Waals surface area (Å²) in [7, 11) is 0. The van der Waals surface area contributed by atoms with Gasteiger partial charge in [-0.15, -0.1) is 0 Å². The molecule has 1 aliphatic heterocycles. The van der Waals surface area contributed by atoms with Crippen LogP contribution in [0.25, 0.3) is 5.69 Å². The van der Waals surface area contributed by atoms with Gasteiger partial charge >= 0.3 is 0 Å². The lowest BCUT2D eigenvalue weighted by atomic mass is 9.96. The van der Waals surface area contributed by atoms with Gasteiger partial charge in [0, 0.05) is 29.8 Å². The summed E-state index contributed by atoms with van der Waals surface area (Å²) >= 11 is 5.80. The Labute approximate surface area is 191 Å². The van der Waals surface area contributed by atoms with E-state index in [1.165, 1.54) is 28.2 Å². The Balaban J connectivity index is 1.81. The third-order valence-electron chi connectivity index (χ3n) is 6.15. The summed E-state index contributed by atoms with van der Waals surface area (Å²) in [5, 5.41) is 4.38. The lowest BCUT2D eigenvalue weighted by molar-refractivity contribution is 0.287. The van der Waals surface area contributed by atoms with Crippen molar-refractivity contribution in [2.75, 3.05) is 6.54 Å². The fraction of sp³-hybridized carbons (Fsp3) is 0.385. The van der Waals surface area contributed by atoms with E-state index in [1.807, 2.05) is 18.3 Å². The van der Waals surface area contributed by atoms with Crippen molar-refractivity contribution in [3.8, 4) is 5.69 Å². The van der Waals surface area contributed by atoms with Crippen LogP contribution in [0.2, 0.25) is 0 Å². The Bertz CT molecular complexity index is 1050. The van der Waals surface area contributed by atoms with Gasteiger partial charge in [-0.05, 0) is 79.9 Å². The molecule has 4 nitrogen and oxygen atoms in total. The third-order valence-corrected chi connectivity index (χ3v) is 6.50. The molecular formula is C26H32N4S. The Morgan fingerprint density at radius 1 is 1.10 bits per heavy atom. The number of aryl methyl sites for hydroxylation is 2. The maximum atomic E-state index is 5.80. The molecule has 0 radical (unpaired) electrons. The lowest BCUT2D eigenvalue weighted by Crippen LogP contribution is -2.33. The molecule has 1 fully saturated rings. The minimum atomic E-state index is 0.0314. The summed E-state index contributed by atoms with van der Waals surface area (Å²) < 4.78 is 2.36. The summed E-state index contributed by atoms with van der Waals surface area (Å²) in [5.74, 6) is 0.509. The molecule has 31 heavy (non-hydrogen) atoms. The lowest BCUT2D eigenvalue weighted by Gasteiger charge is -2.29. The molecule has 1 N–H and O–H groups in total. The van der Waals surface area contributed by atoms with Gasteiger partial charge in [-0.1, -0.05) is 39.0 Å². The average molecular weight is 433 g/mol. The maximum Gasteiger partial charge on any atom is 0.170 e. The average Bonchev–Trinajstić information content (AvgIpc) is 3.24. The zero-order valence-electron chi connectivity index (χ0n) is 19.1. The highest BCUT2D eigenvalue weighted by Crippen LogP contribution is 2.41. The number of rotatable bonds is 6. The topological polar surface area (TPSA) is 33.1 Å². The zero-order valence-corrected chi connectivity index (χ0v) is 19.9. The first kappa shape index (κ1) is 21.6. The first-order valence-corrected chi connectivity index (χ1v) is 11.6. The summed E-state index contributed by atoms with van der Waals surface area (Å²) in [6.07, 6.45) is 2.91. The van der Waals surface area contributed by atoms with Gasteiger partial charge in [0.2, 0.25) is 0 Å². The maximum absolute atomic E-state index is 5.80. The SMILES string of the molecule is CCc1ccc(-n2c(C)cc(C3C(c4ccccn4)NC(=S)N3CC(C)C)c2C)cc1. The summed E-state index contributed by atoms with van der Waals surface area (Å²) in [6.45, 7) is 12.0. The quantitative estimate of drug-likeness (QED) is 0.508. The fourth-order valence-electron chi connectivity index (χ4n) is 4.70. The Morgan fingerprint density at radius 2 is 1.84 bits per heavy atom. The fourth-order valence-corrected chi connectivity index (χ4v) is 5.01. The van der Waals surface area contributed by atoms with E-state index >= 15 is 0 Å². The molecule has 2 unspecified atom stereocenters. The molecule has 1 aliphatic rings. The molecule has 0 saturated carbocycles. The number of pyridine rings is 1. The smallest absolute Gasteiger partial charge is 0.170 e. The van der Waals surface area contributed by atoms with Crippen LogP contribution in [0.4, 0.5) is 0 Å². The Hall–Kier alpha value is -2.66. The molecule has 4 rings (SSSR count). The number of nitrogens with zero attached hydrogens (tertiary/aromatic N) is 3. The number of hydrogen-bond donors (Lipinski definition) is 1. The highest BCUT2D eigenvalue weighted by atomic mass is 32.1. The van der Waals surface area contributed by atoms with Crippen LogP contribution >= 0.6 is 12.2 Å². The van der Waals surface area contributed by atoms with Gasteiger partial charge in [-0.25, -0.2) is 0 Å². The molecule has 0 bridgehead atoms. The number of thiocarbonyl (C=S) groups is 1. The van der Waals surface area contributed by atoms with Crippen molar-refractivity contribution in [3.63, 3.8) is 0 Å². The minimum Gasteiger partial charge on any atom is -0.352 e. The summed E-state index contributed by atoms with van der Waals surface area (Å²) in [5.41, 5.74) is 7.39. The number of aromatic nitrogens is 2. The van der Waals surface area contributed by atoms with Gasteiger partial charge in [-0.2, -0.15) is 0 Å². The van der Waals surface area contributed by atoms with Crippen LogP contribution < -0.4 is 5.32 Å². The second-order valence-corrected chi connectivity index (χ2v) is 9.24. The Kier molecular flexibility index (Phi) is 6.15. The van der Waals surface area contributed by atoms with Gasteiger partial charge < -0.3 is 14.8 Å². The van der Waals surface area contributed by atoms with Gasteiger partial charge in [0.15, 0.2) is 5.11 Å². The molecule has 2 atom stereocenters. The van der Waals surface area contributed by atoms with Crippen molar-refractivity contribution in [2.45, 2.75) is 53.1 Å². The normalized spacial score (nSPS) is 18.6. The molecule has 2 aromatic heterocycles. The standard InChI is InChI=1S/C26H32N4S/c1-6-20-10-12-21(13-11-20)30-18(4)15-22(19(30)5)25-24(23-9-7-8-14-27-23)28-26(31)29(25)16-17(2)3/h7-15,17,24-25H,6,16H2,1-5H3,(H,28,31). The predicted molar refractivity (Wildman–Crippen MR) is 132 cm³/mol. The number of nitrogens with one attached hydrogen (secondary N) is 1. The van der Waals surface area contributed by atoms with E-state index in [1.54, 1.807) is 0 Å². The van der Waals surface area contributed by atoms with Gasteiger partial charge in [0.1, 0.15) is 0 Å². The van der Waals surface area contributed by atoms with Crippen LogP contribution in [0, 0.1) is 19.8 Å². The second kappa shape index (κ2) is 8.83. The highest BCUT2D eigenvalue weighted by molar-refractivity contribution is 7.80. The van der Waals surface area contributed by atoms with Crippen LogP contribution in [0.1, 0.15) is 61.1 Å². The molecule has 162 valence electrons. The van der Waals surface area contributed by atoms with E-state index in [0.717, 1.165) is 23.8 Å². The molecule has 0 spiro atoms. The largest absolute Gasteiger partial charge is 0.352 e. The first-order valence-electron chi connectivity index (χ1n) is 11.2. The zero-order chi connectivity index (χ0) is 22.1. The summed E-state index contributed by atoms with van der Waals surface area (Å²) in [4.78, 5) is 7.02. The van der Waals surface area contributed by atoms with Crippen molar-refractivity contribution in [1.82, 2.24) is 19.8 Å². The third kappa shape index (κ3) is 4.11. The van der Waals surface area contributed by atoms with E-state index in [9.17, 15) is 0 Å². The molecule has 0 aliphatic carbocycles. The van der Waals surface area contributed by atoms with Crippen molar-refractivity contribution >= 4 is 17.3 Å². The molecule has 1 aromatic carbocycles. The molecular weight excluding hydrogens is 400 g/mol. The van der Waals surface area contributed by atoms with Crippen LogP contribution in [0.15, 0.2) is 54.7 Å². The van der Waals surface area contributed by atoms with Crippen molar-refractivity contribution < 1.29 is 0 Å². The number of benzene rings is 1. The minimum absolute atomic E-state index is 0.0314. The van der Waals surface area contributed by atoms with Crippen LogP contribution in [0.3, 0.4) is 0 Å². The van der Waals surface area contributed by atoms with Crippen molar-refractivity contribution in [2.24, 2.45) is 5.92 Å². The predicted octanol–water partition coefficient (Wildman–Crippen LogP) is 5.68. The van der Waals surface area contributed by atoms with E-state index in [2.05, 4.69) is 90.8 Å². The Morgan fingerprint density at radius 3 is 2.45 bits per heavy atom. The molecule has 3 aromatic rings. The summed E-state index contributed by atoms with van der Waals surface area (Å²) in [6, 6.07) is 17.5. The molecule has 0 amide bonds. The molecule has 3 heterocycles. The van der Waals surface area contributed by atoms with Gasteiger partial charge in [0.05, 0.1) is 17.8 Å². The first-order chi connectivity index (χ1) is 14.9. The molecule has 1 saturated heterocycles. The van der Waals surface area contributed by atoms with Crippen molar-refractivity contribution in [3.05, 3.63) is 82.9 Å². The second-order valence-electron chi connectivity index (χ2n) is 8.85. The van der Waals surface area contributed by atoms with Gasteiger partial charge in [-0.3, -0.25) is 4.98 Å². The van der Waals surface area contributed by atoms with Gasteiger partial charge in [0.25, 0.3) is 0 Å². The van der Waals surface area contributed by atoms with Crippen LogP contribution in [0.5, 0.6) is 0 Å². The van der Waals surface area contributed by atoms with Crippen LogP contribution in [-0.2, 0) is 6.42 Å².